The van der Waals surface area contributed by atoms with E-state index in [1.807, 2.05) is 42.7 Å². The van der Waals surface area contributed by atoms with Crippen molar-refractivity contribution in [3.8, 4) is 0 Å². The van der Waals surface area contributed by atoms with Crippen LogP contribution < -0.4 is 5.32 Å². The quantitative estimate of drug-likeness (QED) is 0.912. The number of nitrogens with one attached hydrogen (secondary N) is 1. The minimum absolute atomic E-state index is 0.0844. The Labute approximate surface area is 117 Å². The van der Waals surface area contributed by atoms with Gasteiger partial charge in [-0.1, -0.05) is 25.1 Å². The van der Waals surface area contributed by atoms with E-state index >= 15 is 0 Å². The van der Waals surface area contributed by atoms with Gasteiger partial charge in [-0.25, -0.2) is 4.39 Å². The number of benzene rings is 1. The Morgan fingerprint density at radius 3 is 2.72 bits per heavy atom. The van der Waals surface area contributed by atoms with Crippen molar-refractivity contribution in [1.82, 2.24) is 5.32 Å². The molecule has 1 aliphatic rings. The Hall–Kier alpha value is -0.190. The molecule has 100 valence electrons. The Bertz CT molecular complexity index is 386. The first kappa shape index (κ1) is 14.2. The van der Waals surface area contributed by atoms with Crippen LogP contribution in [0.2, 0.25) is 0 Å². The van der Waals surface area contributed by atoms with Crippen LogP contribution in [0.15, 0.2) is 24.3 Å². The molecular formula is C14H20FNS2. The van der Waals surface area contributed by atoms with Crippen LogP contribution in [0.3, 0.4) is 0 Å². The lowest BCUT2D eigenvalue weighted by atomic mass is 10.0. The molecule has 18 heavy (non-hydrogen) atoms. The van der Waals surface area contributed by atoms with Crippen molar-refractivity contribution < 1.29 is 4.39 Å². The van der Waals surface area contributed by atoms with Crippen LogP contribution in [0, 0.1) is 5.82 Å². The van der Waals surface area contributed by atoms with Gasteiger partial charge >= 0.3 is 0 Å². The second-order valence-corrected chi connectivity index (χ2v) is 7.37. The van der Waals surface area contributed by atoms with E-state index in [1.165, 1.54) is 11.5 Å². The van der Waals surface area contributed by atoms with Gasteiger partial charge in [-0.05, 0) is 25.1 Å². The predicted octanol–water partition coefficient (Wildman–Crippen LogP) is 3.19. The summed E-state index contributed by atoms with van der Waals surface area (Å²) < 4.78 is 13.7. The molecule has 1 aromatic rings. The molecule has 1 saturated heterocycles. The molecule has 0 aliphatic carbocycles. The van der Waals surface area contributed by atoms with Crippen molar-refractivity contribution in [2.45, 2.75) is 29.9 Å². The molecule has 4 heteroatoms. The van der Waals surface area contributed by atoms with Gasteiger partial charge in [-0.15, -0.1) is 0 Å². The number of rotatable bonds is 4. The Morgan fingerprint density at radius 2 is 2.06 bits per heavy atom. The lowest BCUT2D eigenvalue weighted by Crippen LogP contribution is -2.44. The summed E-state index contributed by atoms with van der Waals surface area (Å²) in [6.45, 7) is 2.28. The fraction of sp³-hybridized carbons (Fsp3) is 0.571. The Kier molecular flexibility index (Phi) is 5.39. The zero-order chi connectivity index (χ0) is 13.0. The topological polar surface area (TPSA) is 12.0 Å². The SMILES string of the molecule is CNC(Cc1ccccc1F)C1SCCSC1C. The highest BCUT2D eigenvalue weighted by molar-refractivity contribution is 8.07. The first-order valence-corrected chi connectivity index (χ1v) is 8.46. The third-order valence-corrected chi connectivity index (χ3v) is 6.65. The molecule has 3 unspecified atom stereocenters. The summed E-state index contributed by atoms with van der Waals surface area (Å²) in [5, 5.41) is 4.57. The van der Waals surface area contributed by atoms with E-state index in [0.717, 1.165) is 12.0 Å². The highest BCUT2D eigenvalue weighted by atomic mass is 32.2. The monoisotopic (exact) mass is 285 g/mol. The van der Waals surface area contributed by atoms with Gasteiger partial charge in [0, 0.05) is 28.0 Å². The summed E-state index contributed by atoms with van der Waals surface area (Å²) in [4.78, 5) is 0. The molecule has 1 fully saturated rings. The number of halogens is 1. The summed E-state index contributed by atoms with van der Waals surface area (Å²) in [5.41, 5.74) is 0.820. The lowest BCUT2D eigenvalue weighted by Gasteiger charge is -2.34. The van der Waals surface area contributed by atoms with Crippen LogP contribution in [-0.4, -0.2) is 35.1 Å². The maximum absolute atomic E-state index is 13.7. The van der Waals surface area contributed by atoms with Gasteiger partial charge in [0.15, 0.2) is 0 Å². The molecule has 0 amide bonds. The zero-order valence-electron chi connectivity index (χ0n) is 10.9. The van der Waals surface area contributed by atoms with E-state index in [9.17, 15) is 4.39 Å². The summed E-state index contributed by atoms with van der Waals surface area (Å²) in [7, 11) is 1.98. The smallest absolute Gasteiger partial charge is 0.126 e. The van der Waals surface area contributed by atoms with Gasteiger partial charge in [0.05, 0.1) is 0 Å². The summed E-state index contributed by atoms with van der Waals surface area (Å²) >= 11 is 4.05. The average molecular weight is 285 g/mol. The van der Waals surface area contributed by atoms with Gasteiger partial charge in [0.1, 0.15) is 5.82 Å². The van der Waals surface area contributed by atoms with E-state index in [-0.39, 0.29) is 5.82 Å². The molecule has 1 aromatic carbocycles. The van der Waals surface area contributed by atoms with Gasteiger partial charge in [0.2, 0.25) is 0 Å². The molecular weight excluding hydrogens is 265 g/mol. The third kappa shape index (κ3) is 3.43. The van der Waals surface area contributed by atoms with Crippen LogP contribution >= 0.6 is 23.5 Å². The molecule has 1 heterocycles. The summed E-state index contributed by atoms with van der Waals surface area (Å²) in [5.74, 6) is 2.35. The van der Waals surface area contributed by atoms with Crippen LogP contribution in [0.25, 0.3) is 0 Å². The largest absolute Gasteiger partial charge is 0.316 e. The minimum Gasteiger partial charge on any atom is -0.316 e. The van der Waals surface area contributed by atoms with Crippen LogP contribution in [-0.2, 0) is 6.42 Å². The van der Waals surface area contributed by atoms with Crippen molar-refractivity contribution in [2.24, 2.45) is 0 Å². The number of thioether (sulfide) groups is 2. The second-order valence-electron chi connectivity index (χ2n) is 4.60. The lowest BCUT2D eigenvalue weighted by molar-refractivity contribution is 0.513. The first-order valence-electron chi connectivity index (χ1n) is 6.36. The number of hydrogen-bond donors (Lipinski definition) is 1. The van der Waals surface area contributed by atoms with E-state index in [4.69, 9.17) is 0 Å². The van der Waals surface area contributed by atoms with E-state index < -0.39 is 0 Å². The molecule has 1 nitrogen and oxygen atoms in total. The molecule has 0 aromatic heterocycles. The van der Waals surface area contributed by atoms with Crippen LogP contribution in [0.4, 0.5) is 4.39 Å². The van der Waals surface area contributed by atoms with Gasteiger partial charge in [-0.3, -0.25) is 0 Å². The Balaban J connectivity index is 2.07. The fourth-order valence-corrected chi connectivity index (χ4v) is 5.38. The highest BCUT2D eigenvalue weighted by Gasteiger charge is 2.29. The van der Waals surface area contributed by atoms with Gasteiger partial charge in [0.25, 0.3) is 0 Å². The molecule has 0 saturated carbocycles. The Morgan fingerprint density at radius 1 is 1.33 bits per heavy atom. The van der Waals surface area contributed by atoms with Crippen molar-refractivity contribution in [1.29, 1.82) is 0 Å². The molecule has 0 spiro atoms. The van der Waals surface area contributed by atoms with Crippen LogP contribution in [0.1, 0.15) is 12.5 Å². The average Bonchev–Trinajstić information content (AvgIpc) is 2.39. The number of hydrogen-bond acceptors (Lipinski definition) is 3. The molecule has 2 rings (SSSR count). The predicted molar refractivity (Wildman–Crippen MR) is 81.1 cm³/mol. The van der Waals surface area contributed by atoms with Gasteiger partial charge < -0.3 is 5.32 Å². The standard InChI is InChI=1S/C14H20FNS2/c1-10-14(18-8-7-17-10)13(16-2)9-11-5-3-4-6-12(11)15/h3-6,10,13-14,16H,7-9H2,1-2H3. The normalized spacial score (nSPS) is 25.9. The zero-order valence-corrected chi connectivity index (χ0v) is 12.5. The van der Waals surface area contributed by atoms with E-state index in [1.54, 1.807) is 12.1 Å². The highest BCUT2D eigenvalue weighted by Crippen LogP contribution is 2.34. The maximum atomic E-state index is 13.7. The minimum atomic E-state index is -0.0844. The van der Waals surface area contributed by atoms with Crippen molar-refractivity contribution in [3.63, 3.8) is 0 Å². The summed E-state index contributed by atoms with van der Waals surface area (Å²) in [6.07, 6.45) is 0.770. The maximum Gasteiger partial charge on any atom is 0.126 e. The van der Waals surface area contributed by atoms with E-state index in [0.29, 0.717) is 16.5 Å². The molecule has 3 atom stereocenters. The van der Waals surface area contributed by atoms with Crippen LogP contribution in [0.5, 0.6) is 0 Å². The van der Waals surface area contributed by atoms with E-state index in [2.05, 4.69) is 12.2 Å². The fourth-order valence-electron chi connectivity index (χ4n) is 2.38. The molecule has 0 bridgehead atoms. The van der Waals surface area contributed by atoms with Crippen molar-refractivity contribution in [2.75, 3.05) is 18.6 Å². The second kappa shape index (κ2) is 6.83. The summed E-state index contributed by atoms with van der Waals surface area (Å²) in [6, 6.07) is 7.45. The molecule has 0 radical (unpaired) electrons. The van der Waals surface area contributed by atoms with Gasteiger partial charge in [-0.2, -0.15) is 23.5 Å². The third-order valence-electron chi connectivity index (χ3n) is 3.40. The van der Waals surface area contributed by atoms with Crippen molar-refractivity contribution >= 4 is 23.5 Å². The number of likely N-dealkylation sites (N-methyl/N-ethyl adjacent to an activating group) is 1. The van der Waals surface area contributed by atoms with Crippen molar-refractivity contribution in [3.05, 3.63) is 35.6 Å². The molecule has 1 N–H and O–H groups in total. The first-order chi connectivity index (χ1) is 8.72. The molecule has 1 aliphatic heterocycles.